The minimum absolute atomic E-state index is 0.301. The van der Waals surface area contributed by atoms with Crippen LogP contribution in [0.2, 0.25) is 0 Å². The summed E-state index contributed by atoms with van der Waals surface area (Å²) in [5.74, 6) is 0.665. The third kappa shape index (κ3) is 3.40. The van der Waals surface area contributed by atoms with Gasteiger partial charge in [-0.15, -0.1) is 0 Å². The van der Waals surface area contributed by atoms with E-state index in [-0.39, 0.29) is 0 Å². The maximum absolute atomic E-state index is 12.4. The number of rotatable bonds is 6. The molecule has 0 aliphatic carbocycles. The van der Waals surface area contributed by atoms with E-state index in [9.17, 15) is 4.79 Å². The molecule has 3 aromatic rings. The fraction of sp³-hybridized carbons (Fsp3) is 0.381. The lowest BCUT2D eigenvalue weighted by molar-refractivity contribution is 0.0526. The van der Waals surface area contributed by atoms with E-state index in [2.05, 4.69) is 44.5 Å². The number of nitrogens with one attached hydrogen (secondary N) is 1. The van der Waals surface area contributed by atoms with Crippen molar-refractivity contribution in [2.24, 2.45) is 0 Å². The molecule has 2 aromatic heterocycles. The summed E-state index contributed by atoms with van der Waals surface area (Å²) in [5, 5.41) is 3.94. The maximum Gasteiger partial charge on any atom is 0.342 e. The Kier molecular flexibility index (Phi) is 5.14. The SMILES string of the molecule is CCOC(=O)c1c(C)oc2ncnc(NCCN3CCCc4ccccc43)c12. The summed E-state index contributed by atoms with van der Waals surface area (Å²) < 4.78 is 10.8. The summed E-state index contributed by atoms with van der Waals surface area (Å²) in [4.78, 5) is 23.3. The molecule has 4 rings (SSSR count). The van der Waals surface area contributed by atoms with Crippen molar-refractivity contribution < 1.29 is 13.9 Å². The first kappa shape index (κ1) is 18.3. The van der Waals surface area contributed by atoms with Gasteiger partial charge >= 0.3 is 5.97 Å². The van der Waals surface area contributed by atoms with Gasteiger partial charge in [-0.1, -0.05) is 18.2 Å². The molecule has 1 N–H and O–H groups in total. The van der Waals surface area contributed by atoms with Crippen LogP contribution in [0, 0.1) is 6.92 Å². The second-order valence-corrected chi connectivity index (χ2v) is 6.80. The van der Waals surface area contributed by atoms with Gasteiger partial charge in [0, 0.05) is 25.3 Å². The summed E-state index contributed by atoms with van der Waals surface area (Å²) in [7, 11) is 0. The summed E-state index contributed by atoms with van der Waals surface area (Å²) in [6.07, 6.45) is 3.73. The third-order valence-corrected chi connectivity index (χ3v) is 5.02. The van der Waals surface area contributed by atoms with Crippen LogP contribution in [0.25, 0.3) is 11.1 Å². The largest absolute Gasteiger partial charge is 0.462 e. The molecule has 0 saturated heterocycles. The first-order valence-electron chi connectivity index (χ1n) is 9.67. The Morgan fingerprint density at radius 2 is 2.18 bits per heavy atom. The first-order chi connectivity index (χ1) is 13.7. The van der Waals surface area contributed by atoms with Crippen LogP contribution in [0.4, 0.5) is 11.5 Å². The van der Waals surface area contributed by atoms with Gasteiger partial charge in [-0.2, -0.15) is 0 Å². The van der Waals surface area contributed by atoms with E-state index in [0.29, 0.717) is 41.4 Å². The number of benzene rings is 1. The molecule has 0 bridgehead atoms. The van der Waals surface area contributed by atoms with Crippen molar-refractivity contribution in [3.8, 4) is 0 Å². The van der Waals surface area contributed by atoms with Crippen molar-refractivity contribution in [1.29, 1.82) is 0 Å². The molecule has 146 valence electrons. The van der Waals surface area contributed by atoms with Gasteiger partial charge in [0.1, 0.15) is 23.5 Å². The smallest absolute Gasteiger partial charge is 0.342 e. The molecule has 0 saturated carbocycles. The zero-order chi connectivity index (χ0) is 19.5. The lowest BCUT2D eigenvalue weighted by Gasteiger charge is -2.31. The van der Waals surface area contributed by atoms with Crippen LogP contribution in [0.5, 0.6) is 0 Å². The maximum atomic E-state index is 12.4. The number of nitrogens with zero attached hydrogens (tertiary/aromatic N) is 3. The molecule has 1 aliphatic heterocycles. The van der Waals surface area contributed by atoms with E-state index in [1.807, 2.05) is 0 Å². The molecule has 7 nitrogen and oxygen atoms in total. The van der Waals surface area contributed by atoms with Crippen molar-refractivity contribution >= 4 is 28.6 Å². The minimum atomic E-state index is -0.415. The van der Waals surface area contributed by atoms with Crippen LogP contribution in [-0.4, -0.2) is 42.2 Å². The first-order valence-corrected chi connectivity index (χ1v) is 9.67. The van der Waals surface area contributed by atoms with Crippen LogP contribution in [0.15, 0.2) is 35.0 Å². The van der Waals surface area contributed by atoms with Crippen molar-refractivity contribution in [2.75, 3.05) is 36.5 Å². The third-order valence-electron chi connectivity index (χ3n) is 5.02. The second kappa shape index (κ2) is 7.88. The number of hydrogen-bond acceptors (Lipinski definition) is 7. The van der Waals surface area contributed by atoms with Crippen molar-refractivity contribution in [1.82, 2.24) is 9.97 Å². The van der Waals surface area contributed by atoms with Crippen molar-refractivity contribution in [3.05, 3.63) is 47.5 Å². The molecule has 7 heteroatoms. The van der Waals surface area contributed by atoms with Gasteiger partial charge in [-0.3, -0.25) is 0 Å². The summed E-state index contributed by atoms with van der Waals surface area (Å²) >= 11 is 0. The highest BCUT2D eigenvalue weighted by atomic mass is 16.5. The monoisotopic (exact) mass is 380 g/mol. The average Bonchev–Trinajstić information content (AvgIpc) is 3.05. The predicted molar refractivity (Wildman–Crippen MR) is 108 cm³/mol. The summed E-state index contributed by atoms with van der Waals surface area (Å²) in [6, 6.07) is 8.55. The van der Waals surface area contributed by atoms with Gasteiger partial charge < -0.3 is 19.4 Å². The molecule has 3 heterocycles. The fourth-order valence-corrected chi connectivity index (χ4v) is 3.78. The molecule has 1 aromatic carbocycles. The van der Waals surface area contributed by atoms with Crippen LogP contribution >= 0.6 is 0 Å². The van der Waals surface area contributed by atoms with Crippen LogP contribution < -0.4 is 10.2 Å². The molecule has 0 radical (unpaired) electrons. The molecule has 0 fully saturated rings. The second-order valence-electron chi connectivity index (χ2n) is 6.80. The van der Waals surface area contributed by atoms with E-state index in [0.717, 1.165) is 25.9 Å². The van der Waals surface area contributed by atoms with Crippen LogP contribution in [0.1, 0.15) is 35.0 Å². The topological polar surface area (TPSA) is 80.5 Å². The van der Waals surface area contributed by atoms with Crippen molar-refractivity contribution in [2.45, 2.75) is 26.7 Å². The Labute approximate surface area is 163 Å². The van der Waals surface area contributed by atoms with E-state index in [1.165, 1.54) is 17.6 Å². The molecule has 1 aliphatic rings. The molecular weight excluding hydrogens is 356 g/mol. The number of aryl methyl sites for hydroxylation is 2. The Hall–Kier alpha value is -3.09. The van der Waals surface area contributed by atoms with Crippen LogP contribution in [-0.2, 0) is 11.2 Å². The standard InChI is InChI=1S/C21H24N4O3/c1-3-27-21(26)17-14(2)28-20-18(17)19(23-13-24-20)22-10-12-25-11-6-8-15-7-4-5-9-16(15)25/h4-5,7,9,13H,3,6,8,10-12H2,1-2H3,(H,22,23,24). The summed E-state index contributed by atoms with van der Waals surface area (Å²) in [6.45, 7) is 6.39. The number of hydrogen-bond donors (Lipinski definition) is 1. The quantitative estimate of drug-likeness (QED) is 0.655. The predicted octanol–water partition coefficient (Wildman–Crippen LogP) is 3.57. The Morgan fingerprint density at radius 1 is 1.32 bits per heavy atom. The van der Waals surface area contributed by atoms with E-state index in [4.69, 9.17) is 9.15 Å². The Bertz CT molecular complexity index is 998. The number of esters is 1. The Morgan fingerprint density at radius 3 is 3.04 bits per heavy atom. The zero-order valence-corrected chi connectivity index (χ0v) is 16.2. The Balaban J connectivity index is 1.54. The molecule has 0 amide bonds. The number of para-hydroxylation sites is 1. The highest BCUT2D eigenvalue weighted by Crippen LogP contribution is 2.30. The van der Waals surface area contributed by atoms with Gasteiger partial charge in [-0.25, -0.2) is 14.8 Å². The molecule has 0 atom stereocenters. The normalized spacial score (nSPS) is 13.4. The number of anilines is 2. The fourth-order valence-electron chi connectivity index (χ4n) is 3.78. The zero-order valence-electron chi connectivity index (χ0n) is 16.2. The molecular formula is C21H24N4O3. The van der Waals surface area contributed by atoms with Gasteiger partial charge in [-0.05, 0) is 38.3 Å². The number of ether oxygens (including phenoxy) is 1. The minimum Gasteiger partial charge on any atom is -0.462 e. The molecule has 0 spiro atoms. The number of furan rings is 1. The lowest BCUT2D eigenvalue weighted by atomic mass is 10.0. The van der Waals surface area contributed by atoms with Gasteiger partial charge in [0.15, 0.2) is 0 Å². The van der Waals surface area contributed by atoms with E-state index in [1.54, 1.807) is 13.8 Å². The van der Waals surface area contributed by atoms with E-state index < -0.39 is 5.97 Å². The van der Waals surface area contributed by atoms with E-state index >= 15 is 0 Å². The van der Waals surface area contributed by atoms with Gasteiger partial charge in [0.25, 0.3) is 0 Å². The number of fused-ring (bicyclic) bond motifs is 2. The average molecular weight is 380 g/mol. The number of aromatic nitrogens is 2. The lowest BCUT2D eigenvalue weighted by Crippen LogP contribution is -2.33. The highest BCUT2D eigenvalue weighted by Gasteiger charge is 2.24. The summed E-state index contributed by atoms with van der Waals surface area (Å²) in [5.41, 5.74) is 3.48. The molecule has 28 heavy (non-hydrogen) atoms. The molecule has 0 unspecified atom stereocenters. The van der Waals surface area contributed by atoms with Gasteiger partial charge in [0.2, 0.25) is 5.71 Å². The van der Waals surface area contributed by atoms with Crippen LogP contribution in [0.3, 0.4) is 0 Å². The highest BCUT2D eigenvalue weighted by molar-refractivity contribution is 6.07. The van der Waals surface area contributed by atoms with Gasteiger partial charge in [0.05, 0.1) is 12.0 Å². The number of carbonyl (C=O) groups is 1. The number of carbonyl (C=O) groups excluding carboxylic acids is 1. The van der Waals surface area contributed by atoms with Crippen molar-refractivity contribution in [3.63, 3.8) is 0 Å².